The third kappa shape index (κ3) is 2.26. The van der Waals surface area contributed by atoms with E-state index >= 15 is 0 Å². The van der Waals surface area contributed by atoms with Gasteiger partial charge >= 0.3 is 0 Å². The van der Waals surface area contributed by atoms with Crippen molar-refractivity contribution in [2.45, 2.75) is 0 Å². The molecule has 0 aliphatic rings. The number of phenols is 2. The van der Waals surface area contributed by atoms with Gasteiger partial charge in [-0.05, 0) is 62.3 Å². The highest BCUT2D eigenvalue weighted by Crippen LogP contribution is 2.44. The third-order valence-corrected chi connectivity index (χ3v) is 4.04. The SMILES string of the molecule is Oc1cc(O)c2c(-c3cc(F)cc(I)c3)c(Br)oc2c1. The number of furan rings is 1. The lowest BCUT2D eigenvalue weighted by Gasteiger charge is -2.03. The summed E-state index contributed by atoms with van der Waals surface area (Å²) in [7, 11) is 0. The minimum absolute atomic E-state index is 0.100. The van der Waals surface area contributed by atoms with Gasteiger partial charge in [0.25, 0.3) is 0 Å². The minimum atomic E-state index is -0.369. The van der Waals surface area contributed by atoms with Crippen molar-refractivity contribution in [3.05, 3.63) is 44.4 Å². The predicted octanol–water partition coefficient (Wildman–Crippen LogP) is 5.02. The van der Waals surface area contributed by atoms with Crippen molar-refractivity contribution in [2.24, 2.45) is 0 Å². The Morgan fingerprint density at radius 1 is 1.10 bits per heavy atom. The van der Waals surface area contributed by atoms with Crippen LogP contribution in [-0.2, 0) is 0 Å². The summed E-state index contributed by atoms with van der Waals surface area (Å²) in [5, 5.41) is 19.9. The van der Waals surface area contributed by atoms with E-state index in [4.69, 9.17) is 4.42 Å². The van der Waals surface area contributed by atoms with Crippen molar-refractivity contribution in [3.8, 4) is 22.6 Å². The van der Waals surface area contributed by atoms with Crippen LogP contribution in [0.1, 0.15) is 0 Å². The zero-order valence-corrected chi connectivity index (χ0v) is 13.6. The zero-order valence-electron chi connectivity index (χ0n) is 9.82. The summed E-state index contributed by atoms with van der Waals surface area (Å²) in [5.74, 6) is -0.591. The van der Waals surface area contributed by atoms with Crippen molar-refractivity contribution < 1.29 is 19.0 Å². The zero-order chi connectivity index (χ0) is 14.4. The van der Waals surface area contributed by atoms with Gasteiger partial charge in [-0.2, -0.15) is 0 Å². The Hall–Kier alpha value is -1.28. The van der Waals surface area contributed by atoms with Gasteiger partial charge in [0.1, 0.15) is 22.9 Å². The third-order valence-electron chi connectivity index (χ3n) is 2.86. The molecule has 0 atom stereocenters. The lowest BCUT2D eigenvalue weighted by atomic mass is 10.0. The standard InChI is InChI=1S/C14H7BrFIO3/c15-14-12(6-1-7(16)3-8(17)2-6)13-10(19)4-9(18)5-11(13)20-14/h1-5,18-19H. The Morgan fingerprint density at radius 3 is 2.55 bits per heavy atom. The number of hydrogen-bond donors (Lipinski definition) is 2. The maximum Gasteiger partial charge on any atom is 0.178 e. The van der Waals surface area contributed by atoms with Gasteiger partial charge in [0.05, 0.1) is 5.39 Å². The molecule has 0 aliphatic heterocycles. The molecular weight excluding hydrogens is 442 g/mol. The Balaban J connectivity index is 2.38. The van der Waals surface area contributed by atoms with Crippen LogP contribution in [0.25, 0.3) is 22.1 Å². The molecule has 0 amide bonds. The number of fused-ring (bicyclic) bond motifs is 1. The van der Waals surface area contributed by atoms with E-state index in [2.05, 4.69) is 15.9 Å². The van der Waals surface area contributed by atoms with Crippen molar-refractivity contribution in [1.82, 2.24) is 0 Å². The molecule has 0 saturated carbocycles. The first-order chi connectivity index (χ1) is 9.45. The Bertz CT molecular complexity index is 809. The fourth-order valence-corrected chi connectivity index (χ4v) is 3.35. The fraction of sp³-hybridized carbons (Fsp3) is 0. The molecule has 1 heterocycles. The first-order valence-electron chi connectivity index (χ1n) is 5.56. The smallest absolute Gasteiger partial charge is 0.178 e. The molecule has 102 valence electrons. The van der Waals surface area contributed by atoms with Crippen LogP contribution in [0.4, 0.5) is 4.39 Å². The van der Waals surface area contributed by atoms with E-state index in [1.54, 1.807) is 6.07 Å². The van der Waals surface area contributed by atoms with E-state index in [1.165, 1.54) is 24.3 Å². The Labute approximate surface area is 135 Å². The number of hydrogen-bond acceptors (Lipinski definition) is 3. The van der Waals surface area contributed by atoms with Crippen molar-refractivity contribution >= 4 is 49.5 Å². The van der Waals surface area contributed by atoms with E-state index in [-0.39, 0.29) is 17.3 Å². The molecule has 0 spiro atoms. The van der Waals surface area contributed by atoms with Crippen LogP contribution in [0.15, 0.2) is 39.4 Å². The normalized spacial score (nSPS) is 11.2. The number of aromatic hydroxyl groups is 2. The Kier molecular flexibility index (Phi) is 3.37. The number of rotatable bonds is 1. The first kappa shape index (κ1) is 13.7. The summed E-state index contributed by atoms with van der Waals surface area (Å²) in [6, 6.07) is 7.17. The quantitative estimate of drug-likeness (QED) is 0.514. The van der Waals surface area contributed by atoms with Crippen LogP contribution in [0.3, 0.4) is 0 Å². The molecule has 0 unspecified atom stereocenters. The lowest BCUT2D eigenvalue weighted by molar-refractivity contribution is 0.453. The molecule has 0 saturated heterocycles. The summed E-state index contributed by atoms with van der Waals surface area (Å²) in [5.41, 5.74) is 1.46. The van der Waals surface area contributed by atoms with Crippen LogP contribution in [0.5, 0.6) is 11.5 Å². The maximum absolute atomic E-state index is 13.6. The topological polar surface area (TPSA) is 53.6 Å². The highest BCUT2D eigenvalue weighted by atomic mass is 127. The van der Waals surface area contributed by atoms with Gasteiger partial charge in [-0.15, -0.1) is 0 Å². The van der Waals surface area contributed by atoms with Crippen LogP contribution in [0, 0.1) is 9.39 Å². The van der Waals surface area contributed by atoms with Gasteiger partial charge in [0, 0.05) is 21.3 Å². The lowest BCUT2D eigenvalue weighted by Crippen LogP contribution is -1.83. The van der Waals surface area contributed by atoms with Crippen LogP contribution >= 0.6 is 38.5 Å². The van der Waals surface area contributed by atoms with E-state index < -0.39 is 0 Å². The second kappa shape index (κ2) is 4.92. The molecule has 20 heavy (non-hydrogen) atoms. The number of phenolic OH excluding ortho intramolecular Hbond substituents is 2. The van der Waals surface area contributed by atoms with Crippen LogP contribution < -0.4 is 0 Å². The summed E-state index contributed by atoms with van der Waals surface area (Å²) in [4.78, 5) is 0. The van der Waals surface area contributed by atoms with Gasteiger partial charge in [0.15, 0.2) is 4.67 Å². The van der Waals surface area contributed by atoms with Crippen molar-refractivity contribution in [2.75, 3.05) is 0 Å². The summed E-state index contributed by atoms with van der Waals surface area (Å²) in [6.07, 6.45) is 0. The van der Waals surface area contributed by atoms with Crippen molar-refractivity contribution in [3.63, 3.8) is 0 Å². The van der Waals surface area contributed by atoms with Gasteiger partial charge in [-0.1, -0.05) is 0 Å². The molecule has 2 N–H and O–H groups in total. The molecule has 1 aromatic heterocycles. The van der Waals surface area contributed by atoms with Gasteiger partial charge in [-0.3, -0.25) is 0 Å². The highest BCUT2D eigenvalue weighted by molar-refractivity contribution is 14.1. The second-order valence-electron chi connectivity index (χ2n) is 4.25. The van der Waals surface area contributed by atoms with Crippen LogP contribution in [0.2, 0.25) is 0 Å². The van der Waals surface area contributed by atoms with E-state index in [1.807, 2.05) is 22.6 Å². The first-order valence-corrected chi connectivity index (χ1v) is 7.43. The van der Waals surface area contributed by atoms with Gasteiger partial charge < -0.3 is 14.6 Å². The monoisotopic (exact) mass is 448 g/mol. The van der Waals surface area contributed by atoms with E-state index in [0.29, 0.717) is 26.8 Å². The second-order valence-corrected chi connectivity index (χ2v) is 6.21. The summed E-state index contributed by atoms with van der Waals surface area (Å²) in [6.45, 7) is 0. The molecule has 0 aliphatic carbocycles. The molecule has 6 heteroatoms. The molecular formula is C14H7BrFIO3. The fourth-order valence-electron chi connectivity index (χ4n) is 2.12. The minimum Gasteiger partial charge on any atom is -0.508 e. The summed E-state index contributed by atoms with van der Waals surface area (Å²) >= 11 is 5.29. The number of benzene rings is 2. The average molecular weight is 449 g/mol. The molecule has 0 bridgehead atoms. The van der Waals surface area contributed by atoms with Crippen molar-refractivity contribution in [1.29, 1.82) is 0 Å². The van der Waals surface area contributed by atoms with Gasteiger partial charge in [-0.25, -0.2) is 4.39 Å². The number of halogens is 3. The molecule has 0 fully saturated rings. The largest absolute Gasteiger partial charge is 0.508 e. The Morgan fingerprint density at radius 2 is 1.85 bits per heavy atom. The molecule has 2 aromatic carbocycles. The molecule has 3 nitrogen and oxygen atoms in total. The summed E-state index contributed by atoms with van der Waals surface area (Å²) < 4.78 is 20.1. The van der Waals surface area contributed by atoms with E-state index in [9.17, 15) is 14.6 Å². The van der Waals surface area contributed by atoms with E-state index in [0.717, 1.165) is 3.57 Å². The molecule has 0 radical (unpaired) electrons. The van der Waals surface area contributed by atoms with Crippen LogP contribution in [-0.4, -0.2) is 10.2 Å². The molecule has 3 aromatic rings. The average Bonchev–Trinajstić information content (AvgIpc) is 2.63. The molecule has 3 rings (SSSR count). The predicted molar refractivity (Wildman–Crippen MR) is 85.4 cm³/mol. The van der Waals surface area contributed by atoms with Gasteiger partial charge in [0.2, 0.25) is 0 Å². The highest BCUT2D eigenvalue weighted by Gasteiger charge is 2.19. The maximum atomic E-state index is 13.6.